The van der Waals surface area contributed by atoms with E-state index in [2.05, 4.69) is 34.9 Å². The first-order valence-corrected chi connectivity index (χ1v) is 10.3. The van der Waals surface area contributed by atoms with Gasteiger partial charge < -0.3 is 15.4 Å². The summed E-state index contributed by atoms with van der Waals surface area (Å²) >= 11 is 1.97. The lowest BCUT2D eigenvalue weighted by Gasteiger charge is -2.38. The Morgan fingerprint density at radius 2 is 2.17 bits per heavy atom. The zero-order chi connectivity index (χ0) is 16.4. The number of carbonyl (C=O) groups is 1. The molecule has 0 radical (unpaired) electrons. The van der Waals surface area contributed by atoms with Gasteiger partial charge in [0.25, 0.3) is 0 Å². The Morgan fingerprint density at radius 3 is 3.04 bits per heavy atom. The van der Waals surface area contributed by atoms with Crippen LogP contribution in [-0.2, 0) is 11.2 Å². The average Bonchev–Trinajstić information content (AvgIpc) is 3.03. The van der Waals surface area contributed by atoms with E-state index < -0.39 is 0 Å². The van der Waals surface area contributed by atoms with Crippen molar-refractivity contribution in [3.8, 4) is 0 Å². The highest BCUT2D eigenvalue weighted by Crippen LogP contribution is 2.38. The minimum absolute atomic E-state index is 0.0122. The number of benzene rings is 1. The number of fused-ring (bicyclic) bond motifs is 1. The van der Waals surface area contributed by atoms with Crippen LogP contribution in [0.5, 0.6) is 0 Å². The van der Waals surface area contributed by atoms with Crippen LogP contribution in [-0.4, -0.2) is 35.8 Å². The maximum absolute atomic E-state index is 12.5. The van der Waals surface area contributed by atoms with Crippen LogP contribution in [0.2, 0.25) is 0 Å². The van der Waals surface area contributed by atoms with Crippen LogP contribution in [0.4, 0.5) is 4.79 Å². The van der Waals surface area contributed by atoms with Crippen LogP contribution in [0.25, 0.3) is 0 Å². The Labute approximate surface area is 148 Å². The molecule has 2 N–H and O–H groups in total. The summed E-state index contributed by atoms with van der Waals surface area (Å²) in [5, 5.41) is 6.41. The van der Waals surface area contributed by atoms with Gasteiger partial charge in [-0.1, -0.05) is 24.3 Å². The minimum Gasteiger partial charge on any atom is -0.374 e. The first-order chi connectivity index (χ1) is 11.7. The Balaban J connectivity index is 1.36. The number of thioether (sulfide) groups is 1. The smallest absolute Gasteiger partial charge is 0.315 e. The van der Waals surface area contributed by atoms with Crippen LogP contribution in [0.3, 0.4) is 0 Å². The molecule has 0 aromatic heterocycles. The quantitative estimate of drug-likeness (QED) is 0.863. The second-order valence-corrected chi connectivity index (χ2v) is 8.39. The van der Waals surface area contributed by atoms with Crippen LogP contribution in [0.1, 0.15) is 49.3 Å². The molecule has 130 valence electrons. The molecule has 1 aliphatic carbocycles. The number of rotatable bonds is 2. The Hall–Kier alpha value is -1.20. The van der Waals surface area contributed by atoms with Crippen molar-refractivity contribution in [2.45, 2.75) is 56.2 Å². The van der Waals surface area contributed by atoms with E-state index in [4.69, 9.17) is 4.74 Å². The van der Waals surface area contributed by atoms with Crippen LogP contribution in [0.15, 0.2) is 24.3 Å². The summed E-state index contributed by atoms with van der Waals surface area (Å²) in [6, 6.07) is 8.84. The van der Waals surface area contributed by atoms with E-state index in [0.717, 1.165) is 50.9 Å². The molecule has 4 rings (SSSR count). The number of carbonyl (C=O) groups excluding carboxylic acids is 1. The number of aryl methyl sites for hydroxylation is 1. The molecule has 3 atom stereocenters. The molecule has 5 heteroatoms. The zero-order valence-electron chi connectivity index (χ0n) is 14.1. The highest BCUT2D eigenvalue weighted by Gasteiger charge is 2.40. The maximum atomic E-state index is 12.5. The molecule has 0 bridgehead atoms. The standard InChI is InChI=1S/C19H26N2O2S/c22-18(20-15-8-10-23-19(12-15)9-11-24-13-19)21-17-7-3-5-14-4-1-2-6-16(14)17/h1-2,4,6,15,17H,3,5,7-13H2,(H2,20,21,22). The first-order valence-electron chi connectivity index (χ1n) is 9.11. The maximum Gasteiger partial charge on any atom is 0.315 e. The minimum atomic E-state index is -0.0237. The van der Waals surface area contributed by atoms with Gasteiger partial charge in [-0.2, -0.15) is 11.8 Å². The topological polar surface area (TPSA) is 50.4 Å². The summed E-state index contributed by atoms with van der Waals surface area (Å²) in [6.45, 7) is 0.762. The highest BCUT2D eigenvalue weighted by atomic mass is 32.2. The van der Waals surface area contributed by atoms with Crippen molar-refractivity contribution in [3.05, 3.63) is 35.4 Å². The van der Waals surface area contributed by atoms with E-state index >= 15 is 0 Å². The third-order valence-corrected chi connectivity index (χ3v) is 6.79. The van der Waals surface area contributed by atoms with Crippen molar-refractivity contribution in [2.75, 3.05) is 18.1 Å². The van der Waals surface area contributed by atoms with Gasteiger partial charge in [-0.15, -0.1) is 0 Å². The Bertz CT molecular complexity index is 601. The summed E-state index contributed by atoms with van der Waals surface area (Å²) in [4.78, 5) is 12.5. The second-order valence-electron chi connectivity index (χ2n) is 7.29. The monoisotopic (exact) mass is 346 g/mol. The molecule has 2 aliphatic heterocycles. The van der Waals surface area contributed by atoms with Crippen LogP contribution in [0, 0.1) is 0 Å². The third-order valence-electron chi connectivity index (χ3n) is 5.57. The van der Waals surface area contributed by atoms with E-state index in [0.29, 0.717) is 0 Å². The third kappa shape index (κ3) is 3.42. The first kappa shape index (κ1) is 16.3. The molecular formula is C19H26N2O2S. The van der Waals surface area contributed by atoms with E-state index in [1.165, 1.54) is 16.9 Å². The molecule has 2 fully saturated rings. The summed E-state index contributed by atoms with van der Waals surface area (Å²) in [6.07, 6.45) is 6.28. The number of hydrogen-bond donors (Lipinski definition) is 2. The zero-order valence-corrected chi connectivity index (χ0v) is 14.9. The van der Waals surface area contributed by atoms with Crippen molar-refractivity contribution in [3.63, 3.8) is 0 Å². The lowest BCUT2D eigenvalue weighted by atomic mass is 9.88. The number of hydrogen-bond acceptors (Lipinski definition) is 3. The Morgan fingerprint density at radius 1 is 1.25 bits per heavy atom. The molecule has 3 aliphatic rings. The Kier molecular flexibility index (Phi) is 4.72. The summed E-state index contributed by atoms with van der Waals surface area (Å²) in [5.41, 5.74) is 2.68. The van der Waals surface area contributed by atoms with Crippen molar-refractivity contribution in [2.24, 2.45) is 0 Å². The summed E-state index contributed by atoms with van der Waals surface area (Å²) in [5.74, 6) is 2.25. The van der Waals surface area contributed by atoms with Gasteiger partial charge in [-0.05, 0) is 55.4 Å². The van der Waals surface area contributed by atoms with Gasteiger partial charge in [0.2, 0.25) is 0 Å². The highest BCUT2D eigenvalue weighted by molar-refractivity contribution is 7.99. The second kappa shape index (κ2) is 6.96. The van der Waals surface area contributed by atoms with E-state index in [1.807, 2.05) is 11.8 Å². The van der Waals surface area contributed by atoms with Gasteiger partial charge in [-0.3, -0.25) is 0 Å². The number of amides is 2. The van der Waals surface area contributed by atoms with Crippen LogP contribution < -0.4 is 10.6 Å². The molecule has 0 saturated carbocycles. The van der Waals surface area contributed by atoms with Gasteiger partial charge in [0.05, 0.1) is 11.6 Å². The molecule has 24 heavy (non-hydrogen) atoms. The molecule has 4 nitrogen and oxygen atoms in total. The predicted molar refractivity (Wildman–Crippen MR) is 97.4 cm³/mol. The fourth-order valence-electron chi connectivity index (χ4n) is 4.30. The van der Waals surface area contributed by atoms with Crippen molar-refractivity contribution in [1.29, 1.82) is 0 Å². The average molecular weight is 346 g/mol. The SMILES string of the molecule is O=C(NC1CCOC2(CCSC2)C1)NC1CCCc2ccccc21. The molecule has 1 spiro atoms. The number of ether oxygens (including phenoxy) is 1. The van der Waals surface area contributed by atoms with Gasteiger partial charge >= 0.3 is 6.03 Å². The van der Waals surface area contributed by atoms with Crippen molar-refractivity contribution < 1.29 is 9.53 Å². The fourth-order valence-corrected chi connectivity index (χ4v) is 5.68. The van der Waals surface area contributed by atoms with Gasteiger partial charge in [-0.25, -0.2) is 4.79 Å². The van der Waals surface area contributed by atoms with Crippen molar-refractivity contribution in [1.82, 2.24) is 10.6 Å². The van der Waals surface area contributed by atoms with Crippen LogP contribution >= 0.6 is 11.8 Å². The lowest BCUT2D eigenvalue weighted by Crippen LogP contribution is -2.51. The van der Waals surface area contributed by atoms with E-state index in [9.17, 15) is 4.79 Å². The lowest BCUT2D eigenvalue weighted by molar-refractivity contribution is -0.0684. The van der Waals surface area contributed by atoms with Gasteiger partial charge in [0.1, 0.15) is 0 Å². The molecule has 3 unspecified atom stereocenters. The normalized spacial score (nSPS) is 32.3. The molecule has 2 amide bonds. The molecule has 2 saturated heterocycles. The largest absolute Gasteiger partial charge is 0.374 e. The van der Waals surface area contributed by atoms with Crippen molar-refractivity contribution >= 4 is 17.8 Å². The molecule has 1 aromatic rings. The predicted octanol–water partition coefficient (Wildman–Crippen LogP) is 3.42. The molecular weight excluding hydrogens is 320 g/mol. The molecule has 1 aromatic carbocycles. The van der Waals surface area contributed by atoms with Gasteiger partial charge in [0, 0.05) is 18.4 Å². The van der Waals surface area contributed by atoms with E-state index in [-0.39, 0.29) is 23.7 Å². The summed E-state index contributed by atoms with van der Waals surface area (Å²) in [7, 11) is 0. The number of urea groups is 1. The van der Waals surface area contributed by atoms with E-state index in [1.54, 1.807) is 0 Å². The number of nitrogens with one attached hydrogen (secondary N) is 2. The fraction of sp³-hybridized carbons (Fsp3) is 0.632. The van der Waals surface area contributed by atoms with Gasteiger partial charge in [0.15, 0.2) is 0 Å². The molecule has 2 heterocycles. The summed E-state index contributed by atoms with van der Waals surface area (Å²) < 4.78 is 6.04.